The Bertz CT molecular complexity index is 1240. The molecule has 0 fully saturated rings. The van der Waals surface area contributed by atoms with E-state index in [1.807, 2.05) is 30.3 Å². The lowest BCUT2D eigenvalue weighted by molar-refractivity contribution is 0.489. The third kappa shape index (κ3) is 3.77. The maximum atomic E-state index is 12.5. The van der Waals surface area contributed by atoms with Crippen LogP contribution in [0.5, 0.6) is 0 Å². The fourth-order valence-electron chi connectivity index (χ4n) is 3.15. The Morgan fingerprint density at radius 1 is 1.10 bits per heavy atom. The van der Waals surface area contributed by atoms with Crippen molar-refractivity contribution in [3.63, 3.8) is 0 Å². The second-order valence-corrected chi connectivity index (χ2v) is 9.93. The van der Waals surface area contributed by atoms with Crippen LogP contribution in [0, 0.1) is 0 Å². The van der Waals surface area contributed by atoms with E-state index in [-0.39, 0.29) is 4.90 Å². The second-order valence-electron chi connectivity index (χ2n) is 6.85. The number of benzene rings is 2. The normalized spacial score (nSPS) is 12.4. The van der Waals surface area contributed by atoms with Crippen molar-refractivity contribution in [3.05, 3.63) is 48.3 Å². The summed E-state index contributed by atoms with van der Waals surface area (Å²) in [5.41, 5.74) is 3.19. The Hall–Kier alpha value is -2.36. The van der Waals surface area contributed by atoms with Crippen LogP contribution < -0.4 is 0 Å². The number of rotatable bonds is 7. The number of imidazole rings is 1. The van der Waals surface area contributed by atoms with E-state index in [2.05, 4.69) is 16.5 Å². The smallest absolute Gasteiger partial charge is 0.257 e. The fraction of sp³-hybridized carbons (Fsp3) is 0.300. The van der Waals surface area contributed by atoms with E-state index >= 15 is 0 Å². The summed E-state index contributed by atoms with van der Waals surface area (Å²) >= 11 is 1.48. The molecule has 0 atom stereocenters. The minimum Gasteiger partial charge on any atom is -0.431 e. The van der Waals surface area contributed by atoms with E-state index < -0.39 is 10.0 Å². The first-order valence-corrected chi connectivity index (χ1v) is 11.7. The predicted octanol–water partition coefficient (Wildman–Crippen LogP) is 4.13. The molecule has 0 saturated carbocycles. The highest BCUT2D eigenvalue weighted by atomic mass is 32.2. The maximum Gasteiger partial charge on any atom is 0.257 e. The molecule has 0 spiro atoms. The van der Waals surface area contributed by atoms with E-state index in [0.717, 1.165) is 35.4 Å². The third-order valence-electron chi connectivity index (χ3n) is 4.62. The van der Waals surface area contributed by atoms with Gasteiger partial charge >= 0.3 is 0 Å². The number of fused-ring (bicyclic) bond motifs is 2. The van der Waals surface area contributed by atoms with Gasteiger partial charge in [0.05, 0.1) is 21.7 Å². The Morgan fingerprint density at radius 3 is 2.62 bits per heavy atom. The summed E-state index contributed by atoms with van der Waals surface area (Å²) in [5.74, 6) is 1.45. The summed E-state index contributed by atoms with van der Waals surface area (Å²) in [6.45, 7) is 2.91. The van der Waals surface area contributed by atoms with Crippen LogP contribution in [0.1, 0.15) is 19.2 Å². The molecule has 0 unspecified atom stereocenters. The zero-order valence-electron chi connectivity index (χ0n) is 16.5. The van der Waals surface area contributed by atoms with Crippen molar-refractivity contribution >= 4 is 43.9 Å². The van der Waals surface area contributed by atoms with Gasteiger partial charge in [-0.25, -0.2) is 22.7 Å². The van der Waals surface area contributed by atoms with Crippen molar-refractivity contribution in [2.75, 3.05) is 14.1 Å². The molecular weight excluding hydrogens is 408 g/mol. The Labute approximate surface area is 173 Å². The number of nitrogens with zero attached hydrogens (tertiary/aromatic N) is 4. The van der Waals surface area contributed by atoms with Crippen molar-refractivity contribution in [3.8, 4) is 0 Å². The number of oxazole rings is 1. The highest BCUT2D eigenvalue weighted by Crippen LogP contribution is 2.28. The molecule has 0 saturated heterocycles. The average molecular weight is 431 g/mol. The van der Waals surface area contributed by atoms with Gasteiger partial charge in [-0.1, -0.05) is 30.8 Å². The zero-order chi connectivity index (χ0) is 20.6. The van der Waals surface area contributed by atoms with Gasteiger partial charge in [0.25, 0.3) is 5.22 Å². The molecule has 2 aromatic carbocycles. The predicted molar refractivity (Wildman–Crippen MR) is 114 cm³/mol. The number of hydrogen-bond acceptors (Lipinski definition) is 6. The molecule has 0 amide bonds. The summed E-state index contributed by atoms with van der Waals surface area (Å²) in [7, 11) is -0.450. The third-order valence-corrected chi connectivity index (χ3v) is 7.26. The molecule has 0 radical (unpaired) electrons. The molecule has 0 aliphatic rings. The Balaban J connectivity index is 1.68. The lowest BCUT2D eigenvalue weighted by Gasteiger charge is -2.11. The van der Waals surface area contributed by atoms with Crippen molar-refractivity contribution in [1.82, 2.24) is 18.8 Å². The number of aryl methyl sites for hydroxylation is 1. The highest BCUT2D eigenvalue weighted by molar-refractivity contribution is 7.98. The lowest BCUT2D eigenvalue weighted by Crippen LogP contribution is -2.22. The van der Waals surface area contributed by atoms with Gasteiger partial charge < -0.3 is 8.98 Å². The zero-order valence-corrected chi connectivity index (χ0v) is 18.1. The van der Waals surface area contributed by atoms with Crippen molar-refractivity contribution < 1.29 is 12.8 Å². The average Bonchev–Trinajstić information content (AvgIpc) is 3.27. The number of para-hydroxylation sites is 2. The first kappa shape index (κ1) is 19.9. The topological polar surface area (TPSA) is 81.2 Å². The van der Waals surface area contributed by atoms with Gasteiger partial charge in [-0.2, -0.15) is 0 Å². The molecule has 9 heteroatoms. The van der Waals surface area contributed by atoms with Gasteiger partial charge in [0, 0.05) is 20.6 Å². The molecule has 0 aliphatic carbocycles. The van der Waals surface area contributed by atoms with E-state index in [0.29, 0.717) is 16.5 Å². The SMILES string of the molecule is CCCn1c(CSc2nc3ccccc3o2)nc2cc(S(=O)(=O)N(C)C)ccc21. The quantitative estimate of drug-likeness (QED) is 0.410. The monoisotopic (exact) mass is 430 g/mol. The van der Waals surface area contributed by atoms with E-state index in [9.17, 15) is 8.42 Å². The van der Waals surface area contributed by atoms with Crippen LogP contribution in [0.2, 0.25) is 0 Å². The van der Waals surface area contributed by atoms with Crippen LogP contribution in [0.3, 0.4) is 0 Å². The minimum atomic E-state index is -3.50. The van der Waals surface area contributed by atoms with Crippen LogP contribution in [0.4, 0.5) is 0 Å². The molecule has 152 valence electrons. The Kier molecular flexibility index (Phi) is 5.37. The van der Waals surface area contributed by atoms with Gasteiger partial charge in [-0.3, -0.25) is 0 Å². The molecule has 0 aliphatic heterocycles. The maximum absolute atomic E-state index is 12.5. The summed E-state index contributed by atoms with van der Waals surface area (Å²) in [4.78, 5) is 9.47. The summed E-state index contributed by atoms with van der Waals surface area (Å²) < 4.78 is 34.0. The highest BCUT2D eigenvalue weighted by Gasteiger charge is 2.20. The van der Waals surface area contributed by atoms with Crippen LogP contribution >= 0.6 is 11.8 Å². The van der Waals surface area contributed by atoms with Crippen LogP contribution in [-0.2, 0) is 22.3 Å². The number of aromatic nitrogens is 3. The summed E-state index contributed by atoms with van der Waals surface area (Å²) in [6.07, 6.45) is 0.948. The Morgan fingerprint density at radius 2 is 1.90 bits per heavy atom. The van der Waals surface area contributed by atoms with E-state index in [1.165, 1.54) is 30.2 Å². The van der Waals surface area contributed by atoms with Crippen LogP contribution in [0.25, 0.3) is 22.1 Å². The lowest BCUT2D eigenvalue weighted by atomic mass is 10.3. The first-order chi connectivity index (χ1) is 13.9. The minimum absolute atomic E-state index is 0.245. The van der Waals surface area contributed by atoms with Gasteiger partial charge in [-0.05, 0) is 36.8 Å². The van der Waals surface area contributed by atoms with Gasteiger partial charge in [0.1, 0.15) is 11.3 Å². The number of thioether (sulfide) groups is 1. The van der Waals surface area contributed by atoms with Crippen LogP contribution in [-0.4, -0.2) is 41.4 Å². The van der Waals surface area contributed by atoms with Crippen molar-refractivity contribution in [1.29, 1.82) is 0 Å². The standard InChI is InChI=1S/C20H22N4O3S2/c1-4-11-24-17-10-9-14(29(25,26)23(2)3)12-16(17)21-19(24)13-28-20-22-15-7-5-6-8-18(15)27-20/h5-10,12H,4,11,13H2,1-3H3. The molecule has 7 nitrogen and oxygen atoms in total. The van der Waals surface area contributed by atoms with Gasteiger partial charge in [-0.15, -0.1) is 0 Å². The van der Waals surface area contributed by atoms with Gasteiger partial charge in [0.15, 0.2) is 5.58 Å². The van der Waals surface area contributed by atoms with E-state index in [1.54, 1.807) is 12.1 Å². The first-order valence-electron chi connectivity index (χ1n) is 9.30. The van der Waals surface area contributed by atoms with Crippen LogP contribution in [0.15, 0.2) is 57.0 Å². The number of hydrogen-bond donors (Lipinski definition) is 0. The molecule has 4 aromatic rings. The molecule has 0 bridgehead atoms. The van der Waals surface area contributed by atoms with Gasteiger partial charge in [0.2, 0.25) is 10.0 Å². The summed E-state index contributed by atoms with van der Waals surface area (Å²) in [5, 5.41) is 0.595. The molecule has 2 aromatic heterocycles. The van der Waals surface area contributed by atoms with Crippen molar-refractivity contribution in [2.45, 2.75) is 35.8 Å². The fourth-order valence-corrected chi connectivity index (χ4v) is 4.86. The summed E-state index contributed by atoms with van der Waals surface area (Å²) in [6, 6.07) is 12.8. The molecule has 29 heavy (non-hydrogen) atoms. The molecule has 2 heterocycles. The second kappa shape index (κ2) is 7.81. The molecule has 4 rings (SSSR count). The van der Waals surface area contributed by atoms with E-state index in [4.69, 9.17) is 9.40 Å². The molecular formula is C20H22N4O3S2. The largest absolute Gasteiger partial charge is 0.431 e. The molecule has 0 N–H and O–H groups in total. The van der Waals surface area contributed by atoms with Crippen molar-refractivity contribution in [2.24, 2.45) is 0 Å². The number of sulfonamides is 1.